The molecular weight excluding hydrogens is 312 g/mol. The lowest BCUT2D eigenvalue weighted by atomic mass is 9.72. The van der Waals surface area contributed by atoms with Crippen molar-refractivity contribution in [2.75, 3.05) is 0 Å². The number of hydrogen-bond acceptors (Lipinski definition) is 6. The van der Waals surface area contributed by atoms with Gasteiger partial charge in [-0.25, -0.2) is 14.6 Å². The molecule has 2 aliphatic carbocycles. The highest BCUT2D eigenvalue weighted by Gasteiger charge is 2.77. The lowest BCUT2D eigenvalue weighted by Crippen LogP contribution is -2.56. The second-order valence-corrected chi connectivity index (χ2v) is 8.10. The van der Waals surface area contributed by atoms with Crippen molar-refractivity contribution < 1.29 is 29.1 Å². The summed E-state index contributed by atoms with van der Waals surface area (Å²) in [6.45, 7) is 13.2. The van der Waals surface area contributed by atoms with Crippen LogP contribution < -0.4 is 0 Å². The van der Waals surface area contributed by atoms with Crippen LogP contribution in [0.1, 0.15) is 40.0 Å². The van der Waals surface area contributed by atoms with Crippen molar-refractivity contribution in [2.24, 2.45) is 11.8 Å². The van der Waals surface area contributed by atoms with E-state index < -0.39 is 35.0 Å². The highest BCUT2D eigenvalue weighted by atomic mass is 17.2. The van der Waals surface area contributed by atoms with Crippen molar-refractivity contribution >= 4 is 5.97 Å². The first-order valence-corrected chi connectivity index (χ1v) is 8.42. The summed E-state index contributed by atoms with van der Waals surface area (Å²) in [5.74, 6) is -0.506. The standard InChI is InChI=1S/C18H24O6/c1-9(2)21-11-8-17(5,20)18-7-6-16(4,23-24-18)14(18)13-12(11)10(3)15(19)22-13/h11-14,20H,1,3,6-8H2,2,4-5H3/t11-,12-,13-,14+,16-,17+,18+/m0/s1. The van der Waals surface area contributed by atoms with Crippen LogP contribution in [0, 0.1) is 11.8 Å². The fourth-order valence-corrected chi connectivity index (χ4v) is 5.28. The van der Waals surface area contributed by atoms with Gasteiger partial charge in [-0.1, -0.05) is 13.2 Å². The van der Waals surface area contributed by atoms with Crippen LogP contribution in [0.25, 0.3) is 0 Å². The molecule has 4 fully saturated rings. The van der Waals surface area contributed by atoms with Crippen molar-refractivity contribution in [3.8, 4) is 0 Å². The molecule has 2 bridgehead atoms. The van der Waals surface area contributed by atoms with Gasteiger partial charge in [-0.2, -0.15) is 0 Å². The number of allylic oxidation sites excluding steroid dienone is 1. The van der Waals surface area contributed by atoms with Gasteiger partial charge in [-0.3, -0.25) is 0 Å². The van der Waals surface area contributed by atoms with Gasteiger partial charge >= 0.3 is 5.97 Å². The predicted octanol–water partition coefficient (Wildman–Crippen LogP) is 2.03. The average Bonchev–Trinajstić information content (AvgIpc) is 3.01. The number of rotatable bonds is 2. The number of carbonyl (C=O) groups is 1. The minimum Gasteiger partial charge on any atom is -0.495 e. The Morgan fingerprint density at radius 1 is 1.33 bits per heavy atom. The highest BCUT2D eigenvalue weighted by molar-refractivity contribution is 5.91. The molecule has 0 unspecified atom stereocenters. The van der Waals surface area contributed by atoms with Crippen LogP contribution >= 0.6 is 0 Å². The van der Waals surface area contributed by atoms with Crippen LogP contribution in [0.15, 0.2) is 24.5 Å². The maximum Gasteiger partial charge on any atom is 0.334 e. The van der Waals surface area contributed by atoms with Gasteiger partial charge in [-0.15, -0.1) is 0 Å². The van der Waals surface area contributed by atoms with E-state index in [1.165, 1.54) is 0 Å². The summed E-state index contributed by atoms with van der Waals surface area (Å²) < 4.78 is 11.6. The van der Waals surface area contributed by atoms with Crippen molar-refractivity contribution in [3.05, 3.63) is 24.5 Å². The maximum absolute atomic E-state index is 12.2. The van der Waals surface area contributed by atoms with Crippen LogP contribution in [-0.2, 0) is 24.0 Å². The van der Waals surface area contributed by atoms with Crippen molar-refractivity contribution in [3.63, 3.8) is 0 Å². The lowest BCUT2D eigenvalue weighted by Gasteiger charge is -2.41. The molecule has 6 heteroatoms. The summed E-state index contributed by atoms with van der Waals surface area (Å²) >= 11 is 0. The zero-order chi connectivity index (χ0) is 17.5. The molecule has 2 heterocycles. The fourth-order valence-electron chi connectivity index (χ4n) is 5.28. The first-order chi connectivity index (χ1) is 11.1. The minimum absolute atomic E-state index is 0.271. The van der Waals surface area contributed by atoms with Crippen molar-refractivity contribution in [1.82, 2.24) is 0 Å². The molecule has 0 aromatic rings. The third-order valence-corrected chi connectivity index (χ3v) is 6.39. The molecule has 0 aromatic carbocycles. The van der Waals surface area contributed by atoms with Gasteiger partial charge < -0.3 is 14.6 Å². The Morgan fingerprint density at radius 3 is 2.62 bits per heavy atom. The van der Waals surface area contributed by atoms with Gasteiger partial charge in [0.05, 0.1) is 23.2 Å². The summed E-state index contributed by atoms with van der Waals surface area (Å²) in [6.07, 6.45) is 0.738. The second-order valence-electron chi connectivity index (χ2n) is 8.10. The van der Waals surface area contributed by atoms with E-state index in [1.807, 2.05) is 6.92 Å². The molecule has 132 valence electrons. The second kappa shape index (κ2) is 4.62. The first-order valence-electron chi connectivity index (χ1n) is 8.42. The Morgan fingerprint density at radius 2 is 2.04 bits per heavy atom. The van der Waals surface area contributed by atoms with Gasteiger partial charge in [0.2, 0.25) is 0 Å². The first kappa shape index (κ1) is 16.1. The Bertz CT molecular complexity index is 627. The smallest absolute Gasteiger partial charge is 0.334 e. The summed E-state index contributed by atoms with van der Waals surface area (Å²) in [5, 5.41) is 11.3. The topological polar surface area (TPSA) is 74.2 Å². The van der Waals surface area contributed by atoms with E-state index in [0.29, 0.717) is 17.8 Å². The van der Waals surface area contributed by atoms with E-state index in [-0.39, 0.29) is 18.3 Å². The number of hydrogen-bond donors (Lipinski definition) is 1. The van der Waals surface area contributed by atoms with Gasteiger partial charge in [0, 0.05) is 12.0 Å². The maximum atomic E-state index is 12.2. The van der Waals surface area contributed by atoms with E-state index in [9.17, 15) is 9.90 Å². The van der Waals surface area contributed by atoms with Crippen LogP contribution in [0.5, 0.6) is 0 Å². The van der Waals surface area contributed by atoms with Gasteiger partial charge in [0.15, 0.2) is 0 Å². The zero-order valence-corrected chi connectivity index (χ0v) is 14.3. The molecule has 0 aromatic heterocycles. The normalized spacial score (nSPS) is 52.5. The molecule has 6 nitrogen and oxygen atoms in total. The monoisotopic (exact) mass is 336 g/mol. The summed E-state index contributed by atoms with van der Waals surface area (Å²) in [5.41, 5.74) is -2.32. The minimum atomic E-state index is -1.19. The SMILES string of the molecule is C=C(C)O[C@H]1C[C@@](C)(O)[C@]23CC[C@](C)(OO2)[C@H]3[C@H]2OC(=O)C(=C)[C@H]21. The Labute approximate surface area is 141 Å². The molecule has 2 saturated heterocycles. The molecule has 7 atom stereocenters. The number of carbonyl (C=O) groups excluding carboxylic acids is 1. The van der Waals surface area contributed by atoms with E-state index >= 15 is 0 Å². The average molecular weight is 336 g/mol. The number of aliphatic hydroxyl groups is 1. The third kappa shape index (κ3) is 1.79. The van der Waals surface area contributed by atoms with Gasteiger partial charge in [0.1, 0.15) is 23.4 Å². The number of esters is 1. The number of ether oxygens (including phenoxy) is 2. The molecule has 0 radical (unpaired) electrons. The molecule has 0 spiro atoms. The molecule has 24 heavy (non-hydrogen) atoms. The Kier molecular flexibility index (Phi) is 3.10. The molecule has 2 saturated carbocycles. The molecule has 1 N–H and O–H groups in total. The molecule has 4 rings (SSSR count). The third-order valence-electron chi connectivity index (χ3n) is 6.39. The quantitative estimate of drug-likeness (QED) is 0.360. The Balaban J connectivity index is 1.86. The molecule has 4 aliphatic rings. The van der Waals surface area contributed by atoms with Crippen molar-refractivity contribution in [2.45, 2.75) is 69.0 Å². The van der Waals surface area contributed by atoms with Gasteiger partial charge in [-0.05, 0) is 33.6 Å². The van der Waals surface area contributed by atoms with E-state index in [4.69, 9.17) is 19.2 Å². The molecule has 2 aliphatic heterocycles. The largest absolute Gasteiger partial charge is 0.495 e. The molecule has 0 amide bonds. The van der Waals surface area contributed by atoms with Gasteiger partial charge in [0.25, 0.3) is 0 Å². The summed E-state index contributed by atoms with van der Waals surface area (Å²) in [6, 6.07) is 0. The van der Waals surface area contributed by atoms with E-state index in [0.717, 1.165) is 6.42 Å². The van der Waals surface area contributed by atoms with E-state index in [1.54, 1.807) is 13.8 Å². The van der Waals surface area contributed by atoms with Crippen LogP contribution in [0.4, 0.5) is 0 Å². The highest BCUT2D eigenvalue weighted by Crippen LogP contribution is 2.64. The lowest BCUT2D eigenvalue weighted by molar-refractivity contribution is -0.394. The summed E-state index contributed by atoms with van der Waals surface area (Å²) in [7, 11) is 0. The predicted molar refractivity (Wildman–Crippen MR) is 83.5 cm³/mol. The van der Waals surface area contributed by atoms with Crippen LogP contribution in [-0.4, -0.2) is 40.1 Å². The fraction of sp³-hybridized carbons (Fsp3) is 0.722. The number of fused-ring (bicyclic) bond motifs is 1. The Hall–Kier alpha value is -1.37. The van der Waals surface area contributed by atoms with Crippen LogP contribution in [0.3, 0.4) is 0 Å². The van der Waals surface area contributed by atoms with Crippen molar-refractivity contribution in [1.29, 1.82) is 0 Å². The zero-order valence-electron chi connectivity index (χ0n) is 14.3. The summed E-state index contributed by atoms with van der Waals surface area (Å²) in [4.78, 5) is 23.6. The van der Waals surface area contributed by atoms with E-state index in [2.05, 4.69) is 13.2 Å². The molecular formula is C18H24O6. The van der Waals surface area contributed by atoms with Crippen LogP contribution in [0.2, 0.25) is 0 Å².